The van der Waals surface area contributed by atoms with Crippen molar-refractivity contribution in [3.63, 3.8) is 0 Å². The third-order valence-electron chi connectivity index (χ3n) is 4.39. The smallest absolute Gasteiger partial charge is 0.0453 e. The molecular formula is C16H24ClN. The summed E-state index contributed by atoms with van der Waals surface area (Å²) in [5.74, 6) is 1.72. The Morgan fingerprint density at radius 3 is 2.67 bits per heavy atom. The maximum absolute atomic E-state index is 6.26. The fraction of sp³-hybridized carbons (Fsp3) is 0.625. The van der Waals surface area contributed by atoms with Crippen LogP contribution in [0.2, 0.25) is 5.02 Å². The number of aryl methyl sites for hydroxylation is 1. The standard InChI is InChI=1S/C16H24ClN/c1-11-4-6-14(16(17)8-11)10-18-15-7-5-12(2)13(3)9-15/h4,6,8,12-13,15,18H,5,7,9-10H2,1-3H3. The Bertz CT molecular complexity index is 402. The van der Waals surface area contributed by atoms with E-state index in [1.807, 2.05) is 6.07 Å². The Kier molecular flexibility index (Phi) is 4.69. The summed E-state index contributed by atoms with van der Waals surface area (Å²) in [5.41, 5.74) is 2.44. The van der Waals surface area contributed by atoms with E-state index in [1.165, 1.54) is 30.4 Å². The first-order valence-corrected chi connectivity index (χ1v) is 7.42. The van der Waals surface area contributed by atoms with Gasteiger partial charge >= 0.3 is 0 Å². The summed E-state index contributed by atoms with van der Waals surface area (Å²) in [4.78, 5) is 0. The van der Waals surface area contributed by atoms with Crippen LogP contribution >= 0.6 is 11.6 Å². The average molecular weight is 266 g/mol. The first-order valence-electron chi connectivity index (χ1n) is 7.04. The summed E-state index contributed by atoms with van der Waals surface area (Å²) in [5, 5.41) is 4.55. The fourth-order valence-electron chi connectivity index (χ4n) is 2.78. The molecule has 2 rings (SSSR count). The molecule has 100 valence electrons. The molecule has 0 heterocycles. The monoisotopic (exact) mass is 265 g/mol. The van der Waals surface area contributed by atoms with Crippen molar-refractivity contribution in [3.8, 4) is 0 Å². The molecule has 1 aromatic carbocycles. The van der Waals surface area contributed by atoms with Crippen LogP contribution in [0.5, 0.6) is 0 Å². The van der Waals surface area contributed by atoms with Crippen LogP contribution in [0.25, 0.3) is 0 Å². The number of nitrogens with one attached hydrogen (secondary N) is 1. The summed E-state index contributed by atoms with van der Waals surface area (Å²) >= 11 is 6.26. The molecule has 3 atom stereocenters. The fourth-order valence-corrected chi connectivity index (χ4v) is 3.08. The number of halogens is 1. The molecule has 1 nitrogen and oxygen atoms in total. The lowest BCUT2D eigenvalue weighted by atomic mass is 9.79. The van der Waals surface area contributed by atoms with E-state index in [4.69, 9.17) is 11.6 Å². The van der Waals surface area contributed by atoms with Crippen molar-refractivity contribution in [3.05, 3.63) is 34.3 Å². The maximum atomic E-state index is 6.26. The summed E-state index contributed by atoms with van der Waals surface area (Å²) in [7, 11) is 0. The predicted molar refractivity (Wildman–Crippen MR) is 79.0 cm³/mol. The second-order valence-electron chi connectivity index (χ2n) is 5.94. The Hall–Kier alpha value is -0.530. The van der Waals surface area contributed by atoms with Gasteiger partial charge in [0.2, 0.25) is 0 Å². The van der Waals surface area contributed by atoms with Gasteiger partial charge in [0, 0.05) is 17.6 Å². The van der Waals surface area contributed by atoms with Crippen molar-refractivity contribution < 1.29 is 0 Å². The van der Waals surface area contributed by atoms with E-state index in [1.54, 1.807) is 0 Å². The summed E-state index contributed by atoms with van der Waals surface area (Å²) in [6, 6.07) is 6.98. The van der Waals surface area contributed by atoms with Gasteiger partial charge in [0.1, 0.15) is 0 Å². The van der Waals surface area contributed by atoms with Crippen molar-refractivity contribution in [1.29, 1.82) is 0 Å². The largest absolute Gasteiger partial charge is 0.310 e. The number of benzene rings is 1. The first kappa shape index (κ1) is 13.9. The molecule has 1 fully saturated rings. The number of hydrogen-bond acceptors (Lipinski definition) is 1. The number of rotatable bonds is 3. The van der Waals surface area contributed by atoms with E-state index in [0.717, 1.165) is 23.4 Å². The lowest BCUT2D eigenvalue weighted by molar-refractivity contribution is 0.225. The van der Waals surface area contributed by atoms with Crippen molar-refractivity contribution in [2.75, 3.05) is 0 Å². The van der Waals surface area contributed by atoms with E-state index >= 15 is 0 Å². The van der Waals surface area contributed by atoms with Crippen LogP contribution in [-0.2, 0) is 6.54 Å². The second kappa shape index (κ2) is 6.08. The van der Waals surface area contributed by atoms with Crippen LogP contribution in [0.15, 0.2) is 18.2 Å². The molecule has 3 unspecified atom stereocenters. The molecule has 0 aliphatic heterocycles. The highest BCUT2D eigenvalue weighted by atomic mass is 35.5. The van der Waals surface area contributed by atoms with Crippen LogP contribution in [0, 0.1) is 18.8 Å². The molecule has 1 N–H and O–H groups in total. The summed E-state index contributed by atoms with van der Waals surface area (Å²) < 4.78 is 0. The van der Waals surface area contributed by atoms with Gasteiger partial charge < -0.3 is 5.32 Å². The Labute approximate surface area is 116 Å². The molecule has 0 bridgehead atoms. The van der Waals surface area contributed by atoms with Crippen molar-refractivity contribution in [1.82, 2.24) is 5.32 Å². The molecule has 2 heteroatoms. The highest BCUT2D eigenvalue weighted by Gasteiger charge is 2.24. The predicted octanol–water partition coefficient (Wildman–Crippen LogP) is 4.56. The van der Waals surface area contributed by atoms with Crippen LogP contribution in [0.4, 0.5) is 0 Å². The van der Waals surface area contributed by atoms with E-state index in [9.17, 15) is 0 Å². The van der Waals surface area contributed by atoms with Crippen LogP contribution < -0.4 is 5.32 Å². The molecular weight excluding hydrogens is 242 g/mol. The van der Waals surface area contributed by atoms with Gasteiger partial charge in [-0.1, -0.05) is 37.6 Å². The highest BCUT2D eigenvalue weighted by Crippen LogP contribution is 2.29. The van der Waals surface area contributed by atoms with Gasteiger partial charge in [-0.15, -0.1) is 0 Å². The highest BCUT2D eigenvalue weighted by molar-refractivity contribution is 6.31. The van der Waals surface area contributed by atoms with Gasteiger partial charge in [0.05, 0.1) is 0 Å². The summed E-state index contributed by atoms with van der Waals surface area (Å²) in [6.45, 7) is 7.72. The molecule has 0 radical (unpaired) electrons. The Balaban J connectivity index is 1.88. The Morgan fingerprint density at radius 2 is 2.00 bits per heavy atom. The van der Waals surface area contributed by atoms with Crippen LogP contribution in [-0.4, -0.2) is 6.04 Å². The van der Waals surface area contributed by atoms with Gasteiger partial charge in [-0.25, -0.2) is 0 Å². The van der Waals surface area contributed by atoms with Gasteiger partial charge in [-0.05, 0) is 55.2 Å². The Morgan fingerprint density at radius 1 is 1.22 bits per heavy atom. The zero-order chi connectivity index (χ0) is 13.1. The molecule has 1 aliphatic rings. The minimum Gasteiger partial charge on any atom is -0.310 e. The quantitative estimate of drug-likeness (QED) is 0.845. The topological polar surface area (TPSA) is 12.0 Å². The molecule has 0 amide bonds. The zero-order valence-electron chi connectivity index (χ0n) is 11.7. The van der Waals surface area contributed by atoms with Gasteiger partial charge in [0.15, 0.2) is 0 Å². The van der Waals surface area contributed by atoms with E-state index < -0.39 is 0 Å². The van der Waals surface area contributed by atoms with E-state index in [-0.39, 0.29) is 0 Å². The van der Waals surface area contributed by atoms with E-state index in [2.05, 4.69) is 38.2 Å². The van der Waals surface area contributed by atoms with Crippen molar-refractivity contribution in [2.24, 2.45) is 11.8 Å². The van der Waals surface area contributed by atoms with E-state index in [0.29, 0.717) is 6.04 Å². The molecule has 0 saturated heterocycles. The molecule has 18 heavy (non-hydrogen) atoms. The third-order valence-corrected chi connectivity index (χ3v) is 4.74. The molecule has 1 aromatic rings. The zero-order valence-corrected chi connectivity index (χ0v) is 12.4. The average Bonchev–Trinajstić information content (AvgIpc) is 2.32. The van der Waals surface area contributed by atoms with Crippen LogP contribution in [0.1, 0.15) is 44.2 Å². The number of hydrogen-bond donors (Lipinski definition) is 1. The van der Waals surface area contributed by atoms with Crippen molar-refractivity contribution in [2.45, 2.75) is 52.6 Å². The summed E-state index contributed by atoms with van der Waals surface area (Å²) in [6.07, 6.45) is 3.94. The SMILES string of the molecule is Cc1ccc(CNC2CCC(C)C(C)C2)c(Cl)c1. The first-order chi connectivity index (χ1) is 8.56. The maximum Gasteiger partial charge on any atom is 0.0453 e. The lowest BCUT2D eigenvalue weighted by Gasteiger charge is -2.32. The van der Waals surface area contributed by atoms with Gasteiger partial charge in [-0.3, -0.25) is 0 Å². The lowest BCUT2D eigenvalue weighted by Crippen LogP contribution is -2.35. The van der Waals surface area contributed by atoms with Gasteiger partial charge in [0.25, 0.3) is 0 Å². The minimum atomic E-state index is 0.661. The van der Waals surface area contributed by atoms with Crippen LogP contribution in [0.3, 0.4) is 0 Å². The third kappa shape index (κ3) is 3.49. The molecule has 0 aromatic heterocycles. The minimum absolute atomic E-state index is 0.661. The molecule has 1 saturated carbocycles. The van der Waals surface area contributed by atoms with Gasteiger partial charge in [-0.2, -0.15) is 0 Å². The molecule has 0 spiro atoms. The normalized spacial score (nSPS) is 28.3. The molecule has 1 aliphatic carbocycles. The second-order valence-corrected chi connectivity index (χ2v) is 6.35. The van der Waals surface area contributed by atoms with Crippen molar-refractivity contribution >= 4 is 11.6 Å².